The first-order valence-electron chi connectivity index (χ1n) is 21.3. The van der Waals surface area contributed by atoms with Crippen molar-refractivity contribution in [3.8, 4) is 0 Å². The average Bonchev–Trinajstić information content (AvgIpc) is 4.05. The fraction of sp³-hybridized carbons (Fsp3) is 0.614. The third-order valence-corrected chi connectivity index (χ3v) is 14.8. The highest BCUT2D eigenvalue weighted by molar-refractivity contribution is 7.98. The number of fused-ring (bicyclic) bond motifs is 2. The third-order valence-electron chi connectivity index (χ3n) is 13.2. The molecule has 2 aromatic heterocycles. The zero-order valence-corrected chi connectivity index (χ0v) is 35.3. The van der Waals surface area contributed by atoms with Crippen LogP contribution in [0.4, 0.5) is 4.79 Å². The normalized spacial score (nSPS) is 26.5. The molecule has 5 atom stereocenters. The number of carbonyl (C=O) groups is 3. The summed E-state index contributed by atoms with van der Waals surface area (Å²) >= 11 is 2.06. The van der Waals surface area contributed by atoms with E-state index in [-0.39, 0.29) is 40.6 Å². The molecule has 12 nitrogen and oxygen atoms in total. The number of rotatable bonds is 10. The van der Waals surface area contributed by atoms with E-state index in [1.807, 2.05) is 36.0 Å². The highest BCUT2D eigenvalue weighted by Crippen LogP contribution is 2.62. The minimum Gasteiger partial charge on any atom is -0.453 e. The molecule has 5 unspecified atom stereocenters. The van der Waals surface area contributed by atoms with E-state index in [0.717, 1.165) is 68.1 Å². The van der Waals surface area contributed by atoms with E-state index in [1.165, 1.54) is 55.1 Å². The first kappa shape index (κ1) is 39.7. The number of nitrogens with one attached hydrogen (secondary N) is 3. The van der Waals surface area contributed by atoms with Crippen molar-refractivity contribution in [3.05, 3.63) is 70.9 Å². The molecule has 1 spiro atoms. The van der Waals surface area contributed by atoms with Crippen LogP contribution in [0.15, 0.2) is 47.8 Å². The molecule has 3 N–H and O–H groups in total. The van der Waals surface area contributed by atoms with Gasteiger partial charge >= 0.3 is 6.09 Å². The fourth-order valence-electron chi connectivity index (χ4n) is 10.5. The highest BCUT2D eigenvalue weighted by atomic mass is 32.2. The van der Waals surface area contributed by atoms with Gasteiger partial charge in [-0.1, -0.05) is 76.8 Å². The lowest BCUT2D eigenvalue weighted by Crippen LogP contribution is -2.51. The molecule has 57 heavy (non-hydrogen) atoms. The highest BCUT2D eigenvalue weighted by Gasteiger charge is 2.57. The van der Waals surface area contributed by atoms with E-state index < -0.39 is 12.1 Å². The Morgan fingerprint density at radius 2 is 1.47 bits per heavy atom. The maximum atomic E-state index is 13.7. The van der Waals surface area contributed by atoms with E-state index in [0.29, 0.717) is 24.8 Å². The number of amides is 3. The van der Waals surface area contributed by atoms with Gasteiger partial charge in [0.15, 0.2) is 0 Å². The molecular weight excluding hydrogens is 737 g/mol. The van der Waals surface area contributed by atoms with Gasteiger partial charge < -0.3 is 29.8 Å². The van der Waals surface area contributed by atoms with E-state index in [4.69, 9.17) is 14.7 Å². The van der Waals surface area contributed by atoms with Gasteiger partial charge in [0.05, 0.1) is 49.0 Å². The number of aromatic amines is 2. The van der Waals surface area contributed by atoms with Crippen LogP contribution in [0.2, 0.25) is 0 Å². The molecule has 0 bridgehead atoms. The summed E-state index contributed by atoms with van der Waals surface area (Å²) in [6, 6.07) is -0.591. The zero-order valence-electron chi connectivity index (χ0n) is 34.5. The molecule has 3 amide bonds. The zero-order chi connectivity index (χ0) is 40.0. The van der Waals surface area contributed by atoms with Gasteiger partial charge in [-0.25, -0.2) is 19.1 Å². The van der Waals surface area contributed by atoms with Crippen LogP contribution in [0.3, 0.4) is 0 Å². The Bertz CT molecular complexity index is 1980. The van der Waals surface area contributed by atoms with E-state index >= 15 is 0 Å². The molecule has 1 saturated carbocycles. The average molecular weight is 797 g/mol. The molecule has 13 heteroatoms. The third kappa shape index (κ3) is 7.54. The number of ether oxygens (including phenoxy) is 1. The number of methoxy groups -OCH3 is 1. The number of aromatic nitrogens is 4. The molecule has 3 saturated heterocycles. The van der Waals surface area contributed by atoms with Gasteiger partial charge in [-0.2, -0.15) is 0 Å². The summed E-state index contributed by atoms with van der Waals surface area (Å²) in [4.78, 5) is 59.8. The Labute approximate surface area is 341 Å². The monoisotopic (exact) mass is 796 g/mol. The van der Waals surface area contributed by atoms with Crippen LogP contribution >= 0.6 is 11.9 Å². The number of allylic oxidation sites excluding steroid dienone is 6. The molecule has 306 valence electrons. The SMILES string of the molecule is COC(=O)NC(C(=O)N1CCCC1c1ncc(C2=CC=C(C3=CC=C(c4cnc(C5CCCN5C(=O)CC(C)C)[nH]4)C4C3C3(CCCC3)SN4C)CC2)[nH]1)C(C)C. The van der Waals surface area contributed by atoms with Gasteiger partial charge in [-0.05, 0) is 92.5 Å². The maximum absolute atomic E-state index is 13.7. The minimum atomic E-state index is -0.663. The summed E-state index contributed by atoms with van der Waals surface area (Å²) in [5.41, 5.74) is 7.44. The van der Waals surface area contributed by atoms with Crippen LogP contribution in [-0.2, 0) is 14.3 Å². The summed E-state index contributed by atoms with van der Waals surface area (Å²) in [6.07, 6.45) is 23.7. The number of nitrogens with zero attached hydrogens (tertiary/aromatic N) is 5. The Morgan fingerprint density at radius 1 is 0.860 bits per heavy atom. The van der Waals surface area contributed by atoms with Crippen molar-refractivity contribution in [1.29, 1.82) is 0 Å². The van der Waals surface area contributed by atoms with Gasteiger partial charge in [0, 0.05) is 30.2 Å². The molecule has 3 aliphatic heterocycles. The molecule has 8 rings (SSSR count). The van der Waals surface area contributed by atoms with E-state index in [1.54, 1.807) is 0 Å². The Balaban J connectivity index is 1.04. The van der Waals surface area contributed by atoms with Crippen LogP contribution in [0.25, 0.3) is 11.1 Å². The molecule has 2 aromatic rings. The number of likely N-dealkylation sites (tertiary alicyclic amines) is 2. The van der Waals surface area contributed by atoms with Crippen LogP contribution in [0.1, 0.15) is 133 Å². The first-order valence-corrected chi connectivity index (χ1v) is 22.0. The number of likely N-dealkylation sites (N-methyl/N-ethyl adjacent to an activating group) is 1. The largest absolute Gasteiger partial charge is 0.453 e. The van der Waals surface area contributed by atoms with Crippen LogP contribution < -0.4 is 5.32 Å². The van der Waals surface area contributed by atoms with Crippen molar-refractivity contribution in [2.24, 2.45) is 17.8 Å². The van der Waals surface area contributed by atoms with Crippen molar-refractivity contribution in [3.63, 3.8) is 0 Å². The van der Waals surface area contributed by atoms with Crippen LogP contribution in [-0.4, -0.2) is 96.0 Å². The van der Waals surface area contributed by atoms with Crippen molar-refractivity contribution in [2.45, 2.75) is 127 Å². The lowest BCUT2D eigenvalue weighted by Gasteiger charge is -2.38. The van der Waals surface area contributed by atoms with Gasteiger partial charge in [0.25, 0.3) is 0 Å². The molecule has 5 heterocycles. The summed E-state index contributed by atoms with van der Waals surface area (Å²) in [6.45, 7) is 9.51. The summed E-state index contributed by atoms with van der Waals surface area (Å²) in [5, 5.41) is 2.74. The quantitative estimate of drug-likeness (QED) is 0.206. The second-order valence-corrected chi connectivity index (χ2v) is 19.3. The Kier molecular flexibility index (Phi) is 11.3. The fourth-order valence-corrected chi connectivity index (χ4v) is 12.2. The summed E-state index contributed by atoms with van der Waals surface area (Å²) in [7, 11) is 3.59. The molecule has 6 aliphatic rings. The molecule has 3 aliphatic carbocycles. The van der Waals surface area contributed by atoms with Crippen molar-refractivity contribution >= 4 is 41.0 Å². The second kappa shape index (κ2) is 16.3. The summed E-state index contributed by atoms with van der Waals surface area (Å²) < 4.78 is 7.50. The summed E-state index contributed by atoms with van der Waals surface area (Å²) in [5.74, 6) is 2.45. The molecule has 4 fully saturated rings. The van der Waals surface area contributed by atoms with Gasteiger partial charge in [0.2, 0.25) is 11.8 Å². The van der Waals surface area contributed by atoms with Gasteiger partial charge in [0.1, 0.15) is 17.7 Å². The van der Waals surface area contributed by atoms with E-state index in [2.05, 4.69) is 76.7 Å². The number of H-pyrrole nitrogens is 2. The van der Waals surface area contributed by atoms with Crippen LogP contribution in [0.5, 0.6) is 0 Å². The Morgan fingerprint density at radius 3 is 2.12 bits per heavy atom. The lowest BCUT2D eigenvalue weighted by molar-refractivity contribution is -0.135. The molecular formula is C44H60N8O4S. The lowest BCUT2D eigenvalue weighted by atomic mass is 9.69. The minimum absolute atomic E-state index is 0.0134. The number of carbonyl (C=O) groups excluding carboxylic acids is 3. The van der Waals surface area contributed by atoms with Crippen molar-refractivity contribution < 1.29 is 19.1 Å². The van der Waals surface area contributed by atoms with E-state index in [9.17, 15) is 14.4 Å². The maximum Gasteiger partial charge on any atom is 0.407 e. The molecule has 0 aromatic carbocycles. The first-order chi connectivity index (χ1) is 27.5. The smallest absolute Gasteiger partial charge is 0.407 e. The second-order valence-electron chi connectivity index (χ2n) is 17.7. The number of hydrogen-bond acceptors (Lipinski definition) is 8. The number of imidazole rings is 2. The molecule has 0 radical (unpaired) electrons. The predicted molar refractivity (Wildman–Crippen MR) is 223 cm³/mol. The Hall–Kier alpha value is -4.10. The number of alkyl carbamates (subject to hydrolysis) is 1. The van der Waals surface area contributed by atoms with Crippen molar-refractivity contribution in [2.75, 3.05) is 27.2 Å². The van der Waals surface area contributed by atoms with Crippen molar-refractivity contribution in [1.82, 2.24) is 39.4 Å². The topological polar surface area (TPSA) is 140 Å². The van der Waals surface area contributed by atoms with Crippen LogP contribution in [0, 0.1) is 17.8 Å². The van der Waals surface area contributed by atoms with Gasteiger partial charge in [-0.3, -0.25) is 9.59 Å². The van der Waals surface area contributed by atoms with Gasteiger partial charge in [-0.15, -0.1) is 0 Å². The number of hydrogen-bond donors (Lipinski definition) is 3. The standard InChI is InChI=1S/C44H60N8O4S/c1-26(2)23-36(53)51-21-9-11-34(51)40-46-25-33(48-40)31-18-17-30(37-39(31)50(5)57-44(37)19-7-8-20-44)28-13-15-29(16-14-28)32-24-45-41(47-32)35-12-10-22-52(35)42(54)38(27(3)4)49-43(55)56-6/h13,15,17-18,24-27,34-35,37-39H,7-12,14,16,19-23H2,1-6H3,(H,45,47)(H,46,48)(H,49,55). The predicted octanol–water partition coefficient (Wildman–Crippen LogP) is 7.90.